The molecule has 106 valence electrons. The second-order valence-corrected chi connectivity index (χ2v) is 5.48. The lowest BCUT2D eigenvalue weighted by Gasteiger charge is -2.08. The van der Waals surface area contributed by atoms with E-state index in [0.29, 0.717) is 18.9 Å². The SMILES string of the molecule is CCOCCCNC(=O)CSc1cc(C)ccc1C. The van der Waals surface area contributed by atoms with Gasteiger partial charge in [-0.25, -0.2) is 0 Å². The summed E-state index contributed by atoms with van der Waals surface area (Å²) in [7, 11) is 0. The van der Waals surface area contributed by atoms with Crippen LogP contribution >= 0.6 is 11.8 Å². The molecule has 0 radical (unpaired) electrons. The lowest BCUT2D eigenvalue weighted by molar-refractivity contribution is -0.118. The Hall–Kier alpha value is -1.00. The highest BCUT2D eigenvalue weighted by atomic mass is 32.2. The number of ether oxygens (including phenoxy) is 1. The van der Waals surface area contributed by atoms with Gasteiger partial charge in [-0.1, -0.05) is 17.7 Å². The molecule has 0 aliphatic rings. The molecule has 0 saturated carbocycles. The van der Waals surface area contributed by atoms with Crippen molar-refractivity contribution in [1.29, 1.82) is 0 Å². The summed E-state index contributed by atoms with van der Waals surface area (Å²) in [6.45, 7) is 8.24. The van der Waals surface area contributed by atoms with Crippen LogP contribution in [0.3, 0.4) is 0 Å². The molecular formula is C15H23NO2S. The maximum absolute atomic E-state index is 11.7. The predicted molar refractivity (Wildman–Crippen MR) is 80.8 cm³/mol. The fourth-order valence-corrected chi connectivity index (χ4v) is 2.56. The van der Waals surface area contributed by atoms with Crippen LogP contribution in [0.2, 0.25) is 0 Å². The molecule has 0 atom stereocenters. The van der Waals surface area contributed by atoms with E-state index in [0.717, 1.165) is 13.0 Å². The van der Waals surface area contributed by atoms with E-state index in [-0.39, 0.29) is 5.91 Å². The van der Waals surface area contributed by atoms with Crippen LogP contribution in [0.25, 0.3) is 0 Å². The summed E-state index contributed by atoms with van der Waals surface area (Å²) in [5, 5.41) is 2.91. The fourth-order valence-electron chi connectivity index (χ4n) is 1.60. The number of hydrogen-bond acceptors (Lipinski definition) is 3. The van der Waals surface area contributed by atoms with Crippen molar-refractivity contribution in [3.05, 3.63) is 29.3 Å². The minimum absolute atomic E-state index is 0.0856. The molecule has 0 saturated heterocycles. The summed E-state index contributed by atoms with van der Waals surface area (Å²) in [6, 6.07) is 6.31. The molecule has 1 aromatic rings. The van der Waals surface area contributed by atoms with Gasteiger partial charge in [0.25, 0.3) is 0 Å². The van der Waals surface area contributed by atoms with Crippen molar-refractivity contribution < 1.29 is 9.53 Å². The molecule has 1 rings (SSSR count). The fraction of sp³-hybridized carbons (Fsp3) is 0.533. The molecule has 0 aliphatic carbocycles. The van der Waals surface area contributed by atoms with E-state index in [1.54, 1.807) is 11.8 Å². The molecule has 1 aromatic carbocycles. The van der Waals surface area contributed by atoms with Crippen LogP contribution in [0.5, 0.6) is 0 Å². The Balaban J connectivity index is 2.24. The number of amides is 1. The Morgan fingerprint density at radius 3 is 2.89 bits per heavy atom. The van der Waals surface area contributed by atoms with Crippen molar-refractivity contribution in [3.8, 4) is 0 Å². The van der Waals surface area contributed by atoms with Crippen LogP contribution in [0.15, 0.2) is 23.1 Å². The van der Waals surface area contributed by atoms with Crippen molar-refractivity contribution in [3.63, 3.8) is 0 Å². The van der Waals surface area contributed by atoms with E-state index >= 15 is 0 Å². The van der Waals surface area contributed by atoms with Crippen LogP contribution < -0.4 is 5.32 Å². The van der Waals surface area contributed by atoms with Crippen molar-refractivity contribution in [1.82, 2.24) is 5.32 Å². The Morgan fingerprint density at radius 2 is 2.16 bits per heavy atom. The van der Waals surface area contributed by atoms with Crippen LogP contribution in [0.4, 0.5) is 0 Å². The third kappa shape index (κ3) is 6.64. The number of benzene rings is 1. The number of aryl methyl sites for hydroxylation is 2. The molecular weight excluding hydrogens is 258 g/mol. The topological polar surface area (TPSA) is 38.3 Å². The van der Waals surface area contributed by atoms with Gasteiger partial charge in [0.05, 0.1) is 5.75 Å². The molecule has 0 spiro atoms. The van der Waals surface area contributed by atoms with Crippen LogP contribution in [0.1, 0.15) is 24.5 Å². The van der Waals surface area contributed by atoms with Gasteiger partial charge in [0.1, 0.15) is 0 Å². The van der Waals surface area contributed by atoms with Gasteiger partial charge >= 0.3 is 0 Å². The molecule has 0 bridgehead atoms. The van der Waals surface area contributed by atoms with E-state index in [4.69, 9.17) is 4.74 Å². The first kappa shape index (κ1) is 16.1. The van der Waals surface area contributed by atoms with Crippen molar-refractivity contribution >= 4 is 17.7 Å². The molecule has 1 amide bonds. The minimum Gasteiger partial charge on any atom is -0.382 e. The Kier molecular flexibility index (Phi) is 7.60. The standard InChI is InChI=1S/C15H23NO2S/c1-4-18-9-5-8-16-15(17)11-19-14-10-12(2)6-7-13(14)3/h6-7,10H,4-5,8-9,11H2,1-3H3,(H,16,17). The van der Waals surface area contributed by atoms with Gasteiger partial charge in [-0.3, -0.25) is 4.79 Å². The lowest BCUT2D eigenvalue weighted by atomic mass is 10.2. The van der Waals surface area contributed by atoms with Crippen LogP contribution in [-0.2, 0) is 9.53 Å². The van der Waals surface area contributed by atoms with Gasteiger partial charge in [-0.05, 0) is 38.8 Å². The van der Waals surface area contributed by atoms with E-state index < -0.39 is 0 Å². The van der Waals surface area contributed by atoms with Gasteiger partial charge in [0.15, 0.2) is 0 Å². The average molecular weight is 281 g/mol. The smallest absolute Gasteiger partial charge is 0.230 e. The second-order valence-electron chi connectivity index (χ2n) is 4.46. The summed E-state index contributed by atoms with van der Waals surface area (Å²) in [5.74, 6) is 0.557. The second kappa shape index (κ2) is 8.99. The first-order chi connectivity index (χ1) is 9.13. The highest BCUT2D eigenvalue weighted by Gasteiger charge is 2.04. The van der Waals surface area contributed by atoms with Gasteiger partial charge in [0, 0.05) is 24.7 Å². The predicted octanol–water partition coefficient (Wildman–Crippen LogP) is 2.94. The number of rotatable bonds is 8. The third-order valence-electron chi connectivity index (χ3n) is 2.69. The lowest BCUT2D eigenvalue weighted by Crippen LogP contribution is -2.26. The molecule has 19 heavy (non-hydrogen) atoms. The maximum atomic E-state index is 11.7. The van der Waals surface area contributed by atoms with Gasteiger partial charge < -0.3 is 10.1 Å². The first-order valence-electron chi connectivity index (χ1n) is 6.68. The van der Waals surface area contributed by atoms with Crippen LogP contribution in [-0.4, -0.2) is 31.4 Å². The molecule has 0 aromatic heterocycles. The van der Waals surface area contributed by atoms with Gasteiger partial charge in [-0.15, -0.1) is 11.8 Å². The number of hydrogen-bond donors (Lipinski definition) is 1. The van der Waals surface area contributed by atoms with Crippen LogP contribution in [0, 0.1) is 13.8 Å². The zero-order chi connectivity index (χ0) is 14.1. The first-order valence-corrected chi connectivity index (χ1v) is 7.66. The normalized spacial score (nSPS) is 10.5. The molecule has 0 unspecified atom stereocenters. The van der Waals surface area contributed by atoms with Gasteiger partial charge in [-0.2, -0.15) is 0 Å². The zero-order valence-corrected chi connectivity index (χ0v) is 12.8. The number of nitrogens with one attached hydrogen (secondary N) is 1. The summed E-state index contributed by atoms with van der Waals surface area (Å²) >= 11 is 1.59. The zero-order valence-electron chi connectivity index (χ0n) is 12.0. The molecule has 0 fully saturated rings. The molecule has 3 nitrogen and oxygen atoms in total. The maximum Gasteiger partial charge on any atom is 0.230 e. The minimum atomic E-state index is 0.0856. The van der Waals surface area contributed by atoms with E-state index in [1.165, 1.54) is 16.0 Å². The Bertz CT molecular complexity index is 407. The van der Waals surface area contributed by atoms with Gasteiger partial charge in [0.2, 0.25) is 5.91 Å². The monoisotopic (exact) mass is 281 g/mol. The summed E-state index contributed by atoms with van der Waals surface area (Å²) in [6.07, 6.45) is 0.869. The Morgan fingerprint density at radius 1 is 1.37 bits per heavy atom. The largest absolute Gasteiger partial charge is 0.382 e. The summed E-state index contributed by atoms with van der Waals surface area (Å²) in [4.78, 5) is 12.9. The van der Waals surface area contributed by atoms with Crippen molar-refractivity contribution in [2.75, 3.05) is 25.5 Å². The molecule has 4 heteroatoms. The summed E-state index contributed by atoms with van der Waals surface area (Å²) in [5.41, 5.74) is 2.45. The molecule has 0 aliphatic heterocycles. The van der Waals surface area contributed by atoms with E-state index in [1.807, 2.05) is 6.92 Å². The quantitative estimate of drug-likeness (QED) is 0.588. The number of thioether (sulfide) groups is 1. The molecule has 0 heterocycles. The third-order valence-corrected chi connectivity index (χ3v) is 3.85. The average Bonchev–Trinajstić information content (AvgIpc) is 2.39. The highest BCUT2D eigenvalue weighted by Crippen LogP contribution is 2.23. The molecule has 1 N–H and O–H groups in total. The summed E-state index contributed by atoms with van der Waals surface area (Å²) < 4.78 is 5.22. The van der Waals surface area contributed by atoms with E-state index in [9.17, 15) is 4.79 Å². The number of carbonyl (C=O) groups is 1. The van der Waals surface area contributed by atoms with E-state index in [2.05, 4.69) is 37.4 Å². The Labute approximate surface area is 120 Å². The van der Waals surface area contributed by atoms with Crippen molar-refractivity contribution in [2.24, 2.45) is 0 Å². The van der Waals surface area contributed by atoms with Crippen molar-refractivity contribution in [2.45, 2.75) is 32.1 Å². The number of carbonyl (C=O) groups excluding carboxylic acids is 1. The highest BCUT2D eigenvalue weighted by molar-refractivity contribution is 8.00.